The molecule has 1 N–H and O–H groups in total. The summed E-state index contributed by atoms with van der Waals surface area (Å²) in [6, 6.07) is 8.62. The van der Waals surface area contributed by atoms with Gasteiger partial charge in [0.25, 0.3) is 5.91 Å². The van der Waals surface area contributed by atoms with Crippen molar-refractivity contribution in [3.63, 3.8) is 0 Å². The molecule has 6 nitrogen and oxygen atoms in total. The van der Waals surface area contributed by atoms with E-state index in [9.17, 15) is 9.59 Å². The summed E-state index contributed by atoms with van der Waals surface area (Å²) in [5.41, 5.74) is 0.363. The molecule has 20 heavy (non-hydrogen) atoms. The average Bonchev–Trinajstić information content (AvgIpc) is 2.49. The van der Waals surface area contributed by atoms with Crippen LogP contribution in [0.5, 0.6) is 5.75 Å². The Morgan fingerprint density at radius 1 is 1.40 bits per heavy atom. The molecule has 0 heterocycles. The van der Waals surface area contributed by atoms with Crippen LogP contribution < -0.4 is 10.1 Å². The van der Waals surface area contributed by atoms with E-state index in [-0.39, 0.29) is 19.1 Å². The van der Waals surface area contributed by atoms with Crippen LogP contribution in [0.2, 0.25) is 0 Å². The van der Waals surface area contributed by atoms with Crippen LogP contribution in [0.1, 0.15) is 12.5 Å². The highest BCUT2D eigenvalue weighted by atomic mass is 16.5. The number of likely N-dealkylation sites (N-methyl/N-ethyl adjacent to an activating group) is 1. The molecule has 2 amide bonds. The van der Waals surface area contributed by atoms with E-state index in [1.807, 2.05) is 13.0 Å². The Morgan fingerprint density at radius 3 is 2.75 bits per heavy atom. The quantitative estimate of drug-likeness (QED) is 0.821. The number of para-hydroxylation sites is 1. The third-order valence-corrected chi connectivity index (χ3v) is 2.70. The maximum atomic E-state index is 11.5. The fourth-order valence-corrected chi connectivity index (χ4v) is 1.36. The normalized spacial score (nSPS) is 9.45. The Labute approximate surface area is 117 Å². The minimum Gasteiger partial charge on any atom is -0.482 e. The maximum absolute atomic E-state index is 11.5. The van der Waals surface area contributed by atoms with Gasteiger partial charge < -0.3 is 15.0 Å². The molecule has 1 rings (SSSR count). The van der Waals surface area contributed by atoms with Crippen molar-refractivity contribution in [2.75, 3.05) is 26.7 Å². The first-order chi connectivity index (χ1) is 9.58. The third kappa shape index (κ3) is 4.61. The lowest BCUT2D eigenvalue weighted by Crippen LogP contribution is -2.39. The van der Waals surface area contributed by atoms with Crippen LogP contribution in [0, 0.1) is 11.3 Å². The third-order valence-electron chi connectivity index (χ3n) is 2.70. The van der Waals surface area contributed by atoms with Gasteiger partial charge in [0.05, 0.1) is 12.1 Å². The Hall–Kier alpha value is -2.55. The Kier molecular flexibility index (Phi) is 6.04. The predicted molar refractivity (Wildman–Crippen MR) is 73.0 cm³/mol. The smallest absolute Gasteiger partial charge is 0.258 e. The highest BCUT2D eigenvalue weighted by Crippen LogP contribution is 2.15. The second-order valence-corrected chi connectivity index (χ2v) is 4.08. The number of carbonyl (C=O) groups excluding carboxylic acids is 2. The number of hydrogen-bond donors (Lipinski definition) is 1. The van der Waals surface area contributed by atoms with E-state index in [0.717, 1.165) is 0 Å². The van der Waals surface area contributed by atoms with Crippen LogP contribution in [0.3, 0.4) is 0 Å². The summed E-state index contributed by atoms with van der Waals surface area (Å²) in [6.07, 6.45) is 0. The van der Waals surface area contributed by atoms with E-state index in [1.54, 1.807) is 31.3 Å². The van der Waals surface area contributed by atoms with Gasteiger partial charge in [0.15, 0.2) is 6.61 Å². The highest BCUT2D eigenvalue weighted by molar-refractivity contribution is 5.85. The SMILES string of the molecule is CCN(C)C(=O)CNC(=O)COc1ccccc1C#N. The molecular formula is C14H17N3O3. The largest absolute Gasteiger partial charge is 0.482 e. The molecule has 0 aliphatic heterocycles. The lowest BCUT2D eigenvalue weighted by molar-refractivity contribution is -0.132. The predicted octanol–water partition coefficient (Wildman–Crippen LogP) is 0.532. The molecule has 1 aromatic carbocycles. The molecule has 0 spiro atoms. The Morgan fingerprint density at radius 2 is 2.10 bits per heavy atom. The molecule has 0 atom stereocenters. The van der Waals surface area contributed by atoms with Gasteiger partial charge in [-0.15, -0.1) is 0 Å². The molecule has 0 aliphatic rings. The van der Waals surface area contributed by atoms with Crippen molar-refractivity contribution < 1.29 is 14.3 Å². The van der Waals surface area contributed by atoms with Crippen LogP contribution in [-0.4, -0.2) is 43.5 Å². The number of amides is 2. The minimum atomic E-state index is -0.407. The van der Waals surface area contributed by atoms with Crippen molar-refractivity contribution in [2.24, 2.45) is 0 Å². The molecule has 0 radical (unpaired) electrons. The lowest BCUT2D eigenvalue weighted by atomic mass is 10.2. The highest BCUT2D eigenvalue weighted by Gasteiger charge is 2.10. The van der Waals surface area contributed by atoms with E-state index in [4.69, 9.17) is 10.00 Å². The first kappa shape index (κ1) is 15.5. The number of nitrogens with zero attached hydrogens (tertiary/aromatic N) is 2. The number of rotatable bonds is 6. The Balaban J connectivity index is 2.41. The van der Waals surface area contributed by atoms with Gasteiger partial charge in [0, 0.05) is 13.6 Å². The topological polar surface area (TPSA) is 82.4 Å². The first-order valence-corrected chi connectivity index (χ1v) is 6.21. The number of nitriles is 1. The zero-order valence-corrected chi connectivity index (χ0v) is 11.5. The second kappa shape index (κ2) is 7.79. The van der Waals surface area contributed by atoms with Crippen molar-refractivity contribution in [2.45, 2.75) is 6.92 Å². The molecule has 6 heteroatoms. The lowest BCUT2D eigenvalue weighted by Gasteiger charge is -2.14. The molecule has 0 unspecified atom stereocenters. The zero-order valence-electron chi connectivity index (χ0n) is 11.5. The van der Waals surface area contributed by atoms with Gasteiger partial charge in [-0.25, -0.2) is 0 Å². The van der Waals surface area contributed by atoms with Crippen molar-refractivity contribution in [3.8, 4) is 11.8 Å². The summed E-state index contributed by atoms with van der Waals surface area (Å²) in [7, 11) is 1.66. The van der Waals surface area contributed by atoms with Gasteiger partial charge in [-0.1, -0.05) is 12.1 Å². The first-order valence-electron chi connectivity index (χ1n) is 6.21. The van der Waals surface area contributed by atoms with Crippen LogP contribution in [0.25, 0.3) is 0 Å². The summed E-state index contributed by atoms with van der Waals surface area (Å²) in [5.74, 6) is -0.226. The number of hydrogen-bond acceptors (Lipinski definition) is 4. The van der Waals surface area contributed by atoms with Crippen molar-refractivity contribution >= 4 is 11.8 Å². The average molecular weight is 275 g/mol. The maximum Gasteiger partial charge on any atom is 0.258 e. The summed E-state index contributed by atoms with van der Waals surface area (Å²) in [5, 5.41) is 11.3. The Bertz CT molecular complexity index is 523. The molecule has 0 fully saturated rings. The molecular weight excluding hydrogens is 258 g/mol. The van der Waals surface area contributed by atoms with Gasteiger partial charge in [-0.3, -0.25) is 9.59 Å². The molecule has 1 aromatic rings. The van der Waals surface area contributed by atoms with Gasteiger partial charge in [0.1, 0.15) is 11.8 Å². The molecule has 106 valence electrons. The van der Waals surface area contributed by atoms with Crippen molar-refractivity contribution in [1.29, 1.82) is 5.26 Å². The van der Waals surface area contributed by atoms with Crippen LogP contribution in [-0.2, 0) is 9.59 Å². The zero-order chi connectivity index (χ0) is 15.0. The van der Waals surface area contributed by atoms with E-state index < -0.39 is 5.91 Å². The monoisotopic (exact) mass is 275 g/mol. The van der Waals surface area contributed by atoms with E-state index in [2.05, 4.69) is 5.32 Å². The second-order valence-electron chi connectivity index (χ2n) is 4.08. The summed E-state index contributed by atoms with van der Waals surface area (Å²) < 4.78 is 5.25. The number of carbonyl (C=O) groups is 2. The fourth-order valence-electron chi connectivity index (χ4n) is 1.36. The number of nitrogens with one attached hydrogen (secondary N) is 1. The number of benzene rings is 1. The van der Waals surface area contributed by atoms with Gasteiger partial charge >= 0.3 is 0 Å². The van der Waals surface area contributed by atoms with E-state index in [1.165, 1.54) is 4.90 Å². The van der Waals surface area contributed by atoms with Crippen LogP contribution >= 0.6 is 0 Å². The summed E-state index contributed by atoms with van der Waals surface area (Å²) >= 11 is 0. The minimum absolute atomic E-state index is 0.0631. The van der Waals surface area contributed by atoms with Gasteiger partial charge in [-0.05, 0) is 19.1 Å². The molecule has 0 saturated carbocycles. The van der Waals surface area contributed by atoms with Crippen molar-refractivity contribution in [3.05, 3.63) is 29.8 Å². The van der Waals surface area contributed by atoms with E-state index in [0.29, 0.717) is 17.9 Å². The molecule has 0 aromatic heterocycles. The van der Waals surface area contributed by atoms with Crippen LogP contribution in [0.4, 0.5) is 0 Å². The molecule has 0 aliphatic carbocycles. The standard InChI is InChI=1S/C14H17N3O3/c1-3-17(2)14(19)9-16-13(18)10-20-12-7-5-4-6-11(12)8-15/h4-7H,3,9-10H2,1-2H3,(H,16,18). The molecule has 0 bridgehead atoms. The van der Waals surface area contributed by atoms with Crippen molar-refractivity contribution in [1.82, 2.24) is 10.2 Å². The summed E-state index contributed by atoms with van der Waals surface area (Å²) in [4.78, 5) is 24.5. The van der Waals surface area contributed by atoms with Crippen LogP contribution in [0.15, 0.2) is 24.3 Å². The van der Waals surface area contributed by atoms with E-state index >= 15 is 0 Å². The molecule has 0 saturated heterocycles. The number of ether oxygens (including phenoxy) is 1. The summed E-state index contributed by atoms with van der Waals surface area (Å²) in [6.45, 7) is 2.14. The van der Waals surface area contributed by atoms with Gasteiger partial charge in [-0.2, -0.15) is 5.26 Å². The fraction of sp³-hybridized carbons (Fsp3) is 0.357. The van der Waals surface area contributed by atoms with Gasteiger partial charge in [0.2, 0.25) is 5.91 Å².